The first-order valence-corrected chi connectivity index (χ1v) is 8.44. The zero-order valence-corrected chi connectivity index (χ0v) is 15.9. The fourth-order valence-electron chi connectivity index (χ4n) is 2.43. The second kappa shape index (κ2) is 8.08. The highest BCUT2D eigenvalue weighted by molar-refractivity contribution is 7.81. The highest BCUT2D eigenvalue weighted by Gasteiger charge is 2.03. The number of anilines is 2. The summed E-state index contributed by atoms with van der Waals surface area (Å²) in [6.07, 6.45) is 0. The van der Waals surface area contributed by atoms with Crippen LogP contribution in [0.3, 0.4) is 0 Å². The van der Waals surface area contributed by atoms with E-state index in [4.69, 9.17) is 24.4 Å². The van der Waals surface area contributed by atoms with E-state index in [0.717, 1.165) is 16.9 Å². The quantitative estimate of drug-likeness (QED) is 0.479. The topological polar surface area (TPSA) is 48.1 Å². The first-order chi connectivity index (χ1) is 11.3. The molecule has 24 heavy (non-hydrogen) atoms. The lowest BCUT2D eigenvalue weighted by atomic mass is 10.1. The third-order valence-electron chi connectivity index (χ3n) is 3.40. The molecule has 4 N–H and O–H groups in total. The molecule has 0 amide bonds. The molecule has 6 heteroatoms. The van der Waals surface area contributed by atoms with Crippen molar-refractivity contribution in [3.05, 3.63) is 58.7 Å². The van der Waals surface area contributed by atoms with E-state index in [9.17, 15) is 0 Å². The highest BCUT2D eigenvalue weighted by Crippen LogP contribution is 2.16. The molecule has 0 heterocycles. The molecule has 0 aliphatic heterocycles. The van der Waals surface area contributed by atoms with Gasteiger partial charge in [0.1, 0.15) is 0 Å². The van der Waals surface area contributed by atoms with Crippen LogP contribution >= 0.6 is 24.4 Å². The molecule has 2 rings (SSSR count). The Bertz CT molecular complexity index is 751. The van der Waals surface area contributed by atoms with E-state index in [1.165, 1.54) is 16.7 Å². The lowest BCUT2D eigenvalue weighted by Gasteiger charge is -2.16. The number of nitrogens with one attached hydrogen (secondary N) is 4. The van der Waals surface area contributed by atoms with Gasteiger partial charge in [0, 0.05) is 11.4 Å². The third-order valence-corrected chi connectivity index (χ3v) is 3.81. The van der Waals surface area contributed by atoms with E-state index in [1.54, 1.807) is 0 Å². The van der Waals surface area contributed by atoms with Gasteiger partial charge in [-0.3, -0.25) is 10.9 Å². The fraction of sp³-hybridized carbons (Fsp3) is 0.222. The zero-order chi connectivity index (χ0) is 17.7. The normalized spacial score (nSPS) is 10.0. The van der Waals surface area contributed by atoms with Crippen LogP contribution in [0.15, 0.2) is 36.4 Å². The van der Waals surface area contributed by atoms with E-state index in [1.807, 2.05) is 31.2 Å². The summed E-state index contributed by atoms with van der Waals surface area (Å²) in [7, 11) is 0. The van der Waals surface area contributed by atoms with Crippen LogP contribution in [-0.4, -0.2) is 10.2 Å². The maximum absolute atomic E-state index is 5.28. The fourth-order valence-corrected chi connectivity index (χ4v) is 2.76. The summed E-state index contributed by atoms with van der Waals surface area (Å²) in [5, 5.41) is 7.18. The minimum Gasteiger partial charge on any atom is -0.331 e. The Hall–Kier alpha value is -2.18. The maximum atomic E-state index is 5.28. The molecule has 0 atom stereocenters. The Morgan fingerprint density at radius 1 is 0.708 bits per heavy atom. The standard InChI is InChI=1S/C18H22N4S2/c1-11-5-6-16(14(4)8-11)20-18(24)22-21-17(23)19-15-9-12(2)7-13(3)10-15/h5-10H,1-4H3,(H2,19,21,23)(H2,20,22,24). The van der Waals surface area contributed by atoms with Gasteiger partial charge >= 0.3 is 0 Å². The summed E-state index contributed by atoms with van der Waals surface area (Å²) in [4.78, 5) is 0. The average Bonchev–Trinajstić information content (AvgIpc) is 2.47. The van der Waals surface area contributed by atoms with Crippen LogP contribution in [0.25, 0.3) is 0 Å². The van der Waals surface area contributed by atoms with E-state index >= 15 is 0 Å². The van der Waals surface area contributed by atoms with Crippen molar-refractivity contribution in [1.29, 1.82) is 0 Å². The number of benzene rings is 2. The van der Waals surface area contributed by atoms with Crippen molar-refractivity contribution in [2.24, 2.45) is 0 Å². The molecule has 0 saturated carbocycles. The van der Waals surface area contributed by atoms with E-state index < -0.39 is 0 Å². The molecule has 0 bridgehead atoms. The second-order valence-corrected chi connectivity index (χ2v) is 6.67. The Morgan fingerprint density at radius 3 is 1.88 bits per heavy atom. The number of hydrazine groups is 1. The molecular weight excluding hydrogens is 336 g/mol. The van der Waals surface area contributed by atoms with Gasteiger partial charge in [0.2, 0.25) is 0 Å². The van der Waals surface area contributed by atoms with Gasteiger partial charge in [0.15, 0.2) is 10.2 Å². The Balaban J connectivity index is 1.85. The predicted octanol–water partition coefficient (Wildman–Crippen LogP) is 4.11. The Labute approximate surface area is 154 Å². The van der Waals surface area contributed by atoms with Crippen LogP contribution in [0.2, 0.25) is 0 Å². The average molecular weight is 359 g/mol. The molecular formula is C18H22N4S2. The van der Waals surface area contributed by atoms with Crippen molar-refractivity contribution in [2.75, 3.05) is 10.6 Å². The minimum absolute atomic E-state index is 0.449. The van der Waals surface area contributed by atoms with Crippen LogP contribution in [-0.2, 0) is 0 Å². The van der Waals surface area contributed by atoms with Crippen LogP contribution in [0, 0.1) is 27.7 Å². The van der Waals surface area contributed by atoms with Gasteiger partial charge in [-0.2, -0.15) is 0 Å². The largest absolute Gasteiger partial charge is 0.331 e. The first-order valence-electron chi connectivity index (χ1n) is 7.63. The molecule has 0 radical (unpaired) electrons. The summed E-state index contributed by atoms with van der Waals surface area (Å²) in [5.41, 5.74) is 12.4. The molecule has 4 nitrogen and oxygen atoms in total. The Morgan fingerprint density at radius 2 is 1.29 bits per heavy atom. The monoisotopic (exact) mass is 358 g/mol. The van der Waals surface area contributed by atoms with Crippen molar-refractivity contribution in [3.8, 4) is 0 Å². The van der Waals surface area contributed by atoms with Gasteiger partial charge in [-0.1, -0.05) is 23.8 Å². The predicted molar refractivity (Wildman–Crippen MR) is 111 cm³/mol. The van der Waals surface area contributed by atoms with Crippen molar-refractivity contribution >= 4 is 46.0 Å². The smallest absolute Gasteiger partial charge is 0.189 e. The lowest BCUT2D eigenvalue weighted by molar-refractivity contribution is 0.885. The minimum atomic E-state index is 0.449. The number of hydrogen-bond donors (Lipinski definition) is 4. The molecule has 2 aromatic rings. The lowest BCUT2D eigenvalue weighted by Crippen LogP contribution is -2.45. The SMILES string of the molecule is Cc1cc(C)cc(NC(=S)NNC(=S)Nc2ccc(C)cc2C)c1. The van der Waals surface area contributed by atoms with Crippen LogP contribution < -0.4 is 21.5 Å². The van der Waals surface area contributed by atoms with E-state index in [-0.39, 0.29) is 0 Å². The molecule has 0 aliphatic carbocycles. The van der Waals surface area contributed by atoms with Gasteiger partial charge in [-0.05, 0) is 87.0 Å². The number of aryl methyl sites for hydroxylation is 4. The molecule has 0 fully saturated rings. The van der Waals surface area contributed by atoms with Gasteiger partial charge < -0.3 is 10.6 Å². The van der Waals surface area contributed by atoms with Crippen molar-refractivity contribution in [1.82, 2.24) is 10.9 Å². The van der Waals surface area contributed by atoms with Gasteiger partial charge in [-0.15, -0.1) is 0 Å². The van der Waals surface area contributed by atoms with Crippen LogP contribution in [0.4, 0.5) is 11.4 Å². The third kappa shape index (κ3) is 5.47. The summed E-state index contributed by atoms with van der Waals surface area (Å²) < 4.78 is 0. The van der Waals surface area contributed by atoms with Gasteiger partial charge in [-0.25, -0.2) is 0 Å². The number of thiocarbonyl (C=S) groups is 2. The van der Waals surface area contributed by atoms with Gasteiger partial charge in [0.25, 0.3) is 0 Å². The number of hydrogen-bond acceptors (Lipinski definition) is 2. The van der Waals surface area contributed by atoms with Gasteiger partial charge in [0.05, 0.1) is 0 Å². The second-order valence-electron chi connectivity index (χ2n) is 5.85. The molecule has 0 saturated heterocycles. The molecule has 2 aromatic carbocycles. The molecule has 0 unspecified atom stereocenters. The van der Waals surface area contributed by atoms with Crippen LogP contribution in [0.1, 0.15) is 22.3 Å². The van der Waals surface area contributed by atoms with Crippen molar-refractivity contribution < 1.29 is 0 Å². The molecule has 0 aromatic heterocycles. The molecule has 126 valence electrons. The first kappa shape index (κ1) is 18.2. The summed E-state index contributed by atoms with van der Waals surface area (Å²) >= 11 is 10.6. The molecule has 0 spiro atoms. The summed E-state index contributed by atoms with van der Waals surface area (Å²) in [5.74, 6) is 0. The van der Waals surface area contributed by atoms with Crippen molar-refractivity contribution in [2.45, 2.75) is 27.7 Å². The maximum Gasteiger partial charge on any atom is 0.189 e. The van der Waals surface area contributed by atoms with E-state index in [2.05, 4.69) is 54.4 Å². The molecule has 0 aliphatic rings. The summed E-state index contributed by atoms with van der Waals surface area (Å²) in [6.45, 7) is 8.20. The van der Waals surface area contributed by atoms with E-state index in [0.29, 0.717) is 10.2 Å². The summed E-state index contributed by atoms with van der Waals surface area (Å²) in [6, 6.07) is 12.3. The van der Waals surface area contributed by atoms with Crippen molar-refractivity contribution in [3.63, 3.8) is 0 Å². The Kier molecular flexibility index (Phi) is 6.11. The number of rotatable bonds is 2. The van der Waals surface area contributed by atoms with Crippen LogP contribution in [0.5, 0.6) is 0 Å². The highest BCUT2D eigenvalue weighted by atomic mass is 32.1. The zero-order valence-electron chi connectivity index (χ0n) is 14.3.